The number of amides is 1. The fraction of sp³-hybridized carbons (Fsp3) is 0.385. The van der Waals surface area contributed by atoms with E-state index < -0.39 is 11.9 Å². The molecule has 102 valence electrons. The Hall–Kier alpha value is -1.95. The van der Waals surface area contributed by atoms with Crippen LogP contribution in [0, 0.1) is 5.82 Å². The summed E-state index contributed by atoms with van der Waals surface area (Å²) < 4.78 is 18.8. The number of nitrogens with two attached hydrogens (primary N) is 1. The van der Waals surface area contributed by atoms with Crippen LogP contribution in [0.1, 0.15) is 23.2 Å². The lowest BCUT2D eigenvalue weighted by molar-refractivity contribution is -0.121. The highest BCUT2D eigenvalue weighted by molar-refractivity contribution is 6.04. The van der Waals surface area contributed by atoms with Crippen LogP contribution in [-0.2, 0) is 4.79 Å². The number of carbonyl (C=O) groups excluding carboxylic acids is 2. The number of nitrogens with one attached hydrogen (secondary N) is 1. The molecule has 1 aliphatic rings. The molecule has 0 aromatic heterocycles. The molecule has 0 radical (unpaired) electrons. The van der Waals surface area contributed by atoms with Crippen molar-refractivity contribution >= 4 is 11.7 Å². The number of hydrogen-bond acceptors (Lipinski definition) is 4. The number of fused-ring (bicyclic) bond motifs is 1. The molecule has 0 saturated carbocycles. The van der Waals surface area contributed by atoms with Gasteiger partial charge < -0.3 is 15.8 Å². The maximum Gasteiger partial charge on any atom is 0.221 e. The molecule has 2 rings (SSSR count). The SMILES string of the molecule is NCCC(=O)NC1CCOc2c(F)cccc2C1=O. The van der Waals surface area contributed by atoms with Crippen molar-refractivity contribution in [2.24, 2.45) is 5.73 Å². The van der Waals surface area contributed by atoms with E-state index in [0.29, 0.717) is 6.42 Å². The van der Waals surface area contributed by atoms with Gasteiger partial charge in [-0.25, -0.2) is 4.39 Å². The van der Waals surface area contributed by atoms with Crippen molar-refractivity contribution in [2.75, 3.05) is 13.2 Å². The molecular weight excluding hydrogens is 251 g/mol. The van der Waals surface area contributed by atoms with Crippen molar-refractivity contribution in [3.05, 3.63) is 29.6 Å². The third-order valence-corrected chi connectivity index (χ3v) is 2.91. The quantitative estimate of drug-likeness (QED) is 0.840. The summed E-state index contributed by atoms with van der Waals surface area (Å²) in [4.78, 5) is 23.7. The molecule has 6 heteroatoms. The molecule has 0 spiro atoms. The molecule has 1 unspecified atom stereocenters. The predicted molar refractivity (Wildman–Crippen MR) is 66.4 cm³/mol. The molecule has 1 aromatic rings. The molecular formula is C13H15FN2O3. The van der Waals surface area contributed by atoms with Crippen LogP contribution in [0.15, 0.2) is 18.2 Å². The van der Waals surface area contributed by atoms with Crippen LogP contribution < -0.4 is 15.8 Å². The lowest BCUT2D eigenvalue weighted by atomic mass is 10.0. The number of ether oxygens (including phenoxy) is 1. The van der Waals surface area contributed by atoms with Gasteiger partial charge in [0.1, 0.15) is 0 Å². The first-order valence-corrected chi connectivity index (χ1v) is 6.08. The molecule has 0 aliphatic carbocycles. The van der Waals surface area contributed by atoms with Crippen LogP contribution >= 0.6 is 0 Å². The van der Waals surface area contributed by atoms with E-state index in [0.717, 1.165) is 0 Å². The van der Waals surface area contributed by atoms with Crippen LogP contribution in [0.4, 0.5) is 4.39 Å². The van der Waals surface area contributed by atoms with Gasteiger partial charge in [-0.15, -0.1) is 0 Å². The van der Waals surface area contributed by atoms with Gasteiger partial charge in [-0.2, -0.15) is 0 Å². The molecule has 1 atom stereocenters. The molecule has 0 saturated heterocycles. The van der Waals surface area contributed by atoms with E-state index in [1.54, 1.807) is 0 Å². The fourth-order valence-electron chi connectivity index (χ4n) is 1.98. The van der Waals surface area contributed by atoms with E-state index in [1.165, 1.54) is 18.2 Å². The second-order valence-electron chi connectivity index (χ2n) is 4.28. The minimum Gasteiger partial charge on any atom is -0.490 e. The zero-order chi connectivity index (χ0) is 13.8. The molecule has 1 aliphatic heterocycles. The smallest absolute Gasteiger partial charge is 0.221 e. The van der Waals surface area contributed by atoms with Gasteiger partial charge in [0, 0.05) is 19.4 Å². The Labute approximate surface area is 109 Å². The van der Waals surface area contributed by atoms with E-state index in [4.69, 9.17) is 10.5 Å². The van der Waals surface area contributed by atoms with Crippen molar-refractivity contribution in [2.45, 2.75) is 18.9 Å². The number of hydrogen-bond donors (Lipinski definition) is 2. The first-order valence-electron chi connectivity index (χ1n) is 6.08. The molecule has 1 heterocycles. The van der Waals surface area contributed by atoms with Crippen LogP contribution in [0.5, 0.6) is 5.75 Å². The number of para-hydroxylation sites is 1. The van der Waals surface area contributed by atoms with Crippen LogP contribution in [0.3, 0.4) is 0 Å². The summed E-state index contributed by atoms with van der Waals surface area (Å²) in [5.74, 6) is -1.24. The van der Waals surface area contributed by atoms with Crippen molar-refractivity contribution in [1.82, 2.24) is 5.32 Å². The topological polar surface area (TPSA) is 81.4 Å². The molecule has 3 N–H and O–H groups in total. The average Bonchev–Trinajstić information content (AvgIpc) is 2.53. The zero-order valence-corrected chi connectivity index (χ0v) is 10.3. The Morgan fingerprint density at radius 1 is 1.53 bits per heavy atom. The third-order valence-electron chi connectivity index (χ3n) is 2.91. The highest BCUT2D eigenvalue weighted by atomic mass is 19.1. The molecule has 19 heavy (non-hydrogen) atoms. The summed E-state index contributed by atoms with van der Waals surface area (Å²) in [7, 11) is 0. The number of rotatable bonds is 3. The first-order chi connectivity index (χ1) is 9.13. The van der Waals surface area contributed by atoms with Crippen molar-refractivity contribution < 1.29 is 18.7 Å². The molecule has 5 nitrogen and oxygen atoms in total. The minimum absolute atomic E-state index is 0.0388. The van der Waals surface area contributed by atoms with Crippen LogP contribution in [0.2, 0.25) is 0 Å². The van der Waals surface area contributed by atoms with Gasteiger partial charge in [-0.1, -0.05) is 6.07 Å². The summed E-state index contributed by atoms with van der Waals surface area (Å²) in [5.41, 5.74) is 5.44. The van der Waals surface area contributed by atoms with Gasteiger partial charge >= 0.3 is 0 Å². The van der Waals surface area contributed by atoms with Gasteiger partial charge in [-0.05, 0) is 12.1 Å². The molecule has 0 bridgehead atoms. The fourth-order valence-corrected chi connectivity index (χ4v) is 1.98. The predicted octanol–water partition coefficient (Wildman–Crippen LogP) is 0.624. The normalized spacial score (nSPS) is 18.2. The van der Waals surface area contributed by atoms with Gasteiger partial charge in [0.2, 0.25) is 5.91 Å². The highest BCUT2D eigenvalue weighted by Gasteiger charge is 2.29. The zero-order valence-electron chi connectivity index (χ0n) is 10.3. The maximum atomic E-state index is 13.6. The number of benzene rings is 1. The van der Waals surface area contributed by atoms with Crippen LogP contribution in [-0.4, -0.2) is 30.9 Å². The van der Waals surface area contributed by atoms with Crippen molar-refractivity contribution in [1.29, 1.82) is 0 Å². The molecule has 0 fully saturated rings. The first kappa shape index (κ1) is 13.5. The van der Waals surface area contributed by atoms with Gasteiger partial charge in [0.25, 0.3) is 0 Å². The molecule has 1 aromatic carbocycles. The minimum atomic E-state index is -0.693. The summed E-state index contributed by atoms with van der Waals surface area (Å²) in [6.07, 6.45) is 0.462. The van der Waals surface area contributed by atoms with Crippen molar-refractivity contribution in [3.63, 3.8) is 0 Å². The standard InChI is InChI=1S/C13H15FN2O3/c14-9-3-1-2-8-12(18)10(5-7-19-13(8)9)16-11(17)4-6-15/h1-3,10H,4-7,15H2,(H,16,17). The number of ketones is 1. The van der Waals surface area contributed by atoms with E-state index in [-0.39, 0.29) is 42.6 Å². The third kappa shape index (κ3) is 2.90. The van der Waals surface area contributed by atoms with Gasteiger partial charge in [0.05, 0.1) is 18.2 Å². The summed E-state index contributed by atoms with van der Waals surface area (Å²) in [5, 5.41) is 2.60. The second kappa shape index (κ2) is 5.79. The highest BCUT2D eigenvalue weighted by Crippen LogP contribution is 2.27. The lowest BCUT2D eigenvalue weighted by Crippen LogP contribution is -2.41. The van der Waals surface area contributed by atoms with Crippen molar-refractivity contribution in [3.8, 4) is 5.75 Å². The lowest BCUT2D eigenvalue weighted by Gasteiger charge is -2.14. The summed E-state index contributed by atoms with van der Waals surface area (Å²) >= 11 is 0. The van der Waals surface area contributed by atoms with Gasteiger partial charge in [-0.3, -0.25) is 9.59 Å². The van der Waals surface area contributed by atoms with E-state index >= 15 is 0 Å². The van der Waals surface area contributed by atoms with E-state index in [2.05, 4.69) is 5.32 Å². The largest absolute Gasteiger partial charge is 0.490 e. The maximum absolute atomic E-state index is 13.6. The number of Topliss-reactive ketones (excluding diaryl/α,β-unsaturated/α-hetero) is 1. The monoisotopic (exact) mass is 266 g/mol. The van der Waals surface area contributed by atoms with E-state index in [1.807, 2.05) is 0 Å². The van der Waals surface area contributed by atoms with E-state index in [9.17, 15) is 14.0 Å². The number of halogens is 1. The summed E-state index contributed by atoms with van der Waals surface area (Å²) in [6.45, 7) is 0.391. The number of carbonyl (C=O) groups is 2. The Balaban J connectivity index is 2.21. The molecule has 1 amide bonds. The Kier molecular flexibility index (Phi) is 4.11. The van der Waals surface area contributed by atoms with Gasteiger partial charge in [0.15, 0.2) is 17.3 Å². The Morgan fingerprint density at radius 3 is 3.05 bits per heavy atom. The Bertz CT molecular complexity index is 505. The van der Waals surface area contributed by atoms with Crippen LogP contribution in [0.25, 0.3) is 0 Å². The second-order valence-corrected chi connectivity index (χ2v) is 4.28. The Morgan fingerprint density at radius 2 is 2.32 bits per heavy atom. The average molecular weight is 266 g/mol. The summed E-state index contributed by atoms with van der Waals surface area (Å²) in [6, 6.07) is 3.48.